The first-order valence-electron chi connectivity index (χ1n) is 13.7. The lowest BCUT2D eigenvalue weighted by Gasteiger charge is -2.37. The van der Waals surface area contributed by atoms with Crippen LogP contribution in [-0.4, -0.2) is 64.5 Å². The monoisotopic (exact) mass is 534 g/mol. The quantitative estimate of drug-likeness (QED) is 0.226. The average Bonchev–Trinajstić information content (AvgIpc) is 3.52. The molecule has 1 amide bonds. The molecule has 3 aliphatic rings. The highest BCUT2D eigenvalue weighted by molar-refractivity contribution is 7.99. The van der Waals surface area contributed by atoms with E-state index < -0.39 is 0 Å². The lowest BCUT2D eigenvalue weighted by atomic mass is 10.0. The molecular formula is C28H38N8OS. The van der Waals surface area contributed by atoms with Crippen LogP contribution in [0.15, 0.2) is 45.4 Å². The number of nitrogens with zero attached hydrogens (tertiary/aromatic N) is 5. The van der Waals surface area contributed by atoms with Crippen LogP contribution in [0.2, 0.25) is 0 Å². The minimum Gasteiger partial charge on any atom is -0.387 e. The van der Waals surface area contributed by atoms with Gasteiger partial charge in [-0.1, -0.05) is 0 Å². The summed E-state index contributed by atoms with van der Waals surface area (Å²) in [6, 6.07) is 10.4. The molecule has 10 heteroatoms. The van der Waals surface area contributed by atoms with E-state index in [-0.39, 0.29) is 5.91 Å². The molecule has 1 aliphatic carbocycles. The molecule has 0 atom stereocenters. The molecule has 4 N–H and O–H groups in total. The van der Waals surface area contributed by atoms with Gasteiger partial charge in [-0.3, -0.25) is 4.79 Å². The van der Waals surface area contributed by atoms with Crippen LogP contribution in [0.3, 0.4) is 0 Å². The van der Waals surface area contributed by atoms with E-state index in [1.165, 1.54) is 37.7 Å². The van der Waals surface area contributed by atoms with Gasteiger partial charge in [0.1, 0.15) is 11.7 Å². The Morgan fingerprint density at radius 1 is 1.11 bits per heavy atom. The van der Waals surface area contributed by atoms with Crippen LogP contribution in [-0.2, 0) is 4.79 Å². The van der Waals surface area contributed by atoms with Gasteiger partial charge >= 0.3 is 0 Å². The highest BCUT2D eigenvalue weighted by Crippen LogP contribution is 2.33. The second-order valence-electron chi connectivity index (χ2n) is 10.7. The number of amides is 1. The summed E-state index contributed by atoms with van der Waals surface area (Å²) >= 11 is 1.47. The fourth-order valence-electron chi connectivity index (χ4n) is 5.20. The molecule has 1 aromatic carbocycles. The predicted molar refractivity (Wildman–Crippen MR) is 154 cm³/mol. The molecule has 2 saturated heterocycles. The fourth-order valence-corrected chi connectivity index (χ4v) is 5.96. The third kappa shape index (κ3) is 7.54. The summed E-state index contributed by atoms with van der Waals surface area (Å²) in [6.07, 6.45) is 8.15. The second-order valence-corrected chi connectivity index (χ2v) is 11.8. The number of likely N-dealkylation sites (tertiary alicyclic amines) is 1. The maximum Gasteiger partial charge on any atom is 0.224 e. The Morgan fingerprint density at radius 3 is 2.47 bits per heavy atom. The van der Waals surface area contributed by atoms with Gasteiger partial charge in [-0.2, -0.15) is 0 Å². The first-order valence-corrected chi connectivity index (χ1v) is 14.6. The number of aliphatic imine (C=N–C) groups is 1. The lowest BCUT2D eigenvalue weighted by molar-refractivity contribution is -0.116. The van der Waals surface area contributed by atoms with Crippen LogP contribution in [0.4, 0.5) is 17.3 Å². The van der Waals surface area contributed by atoms with E-state index in [4.69, 9.17) is 16.1 Å². The number of amidine groups is 1. The van der Waals surface area contributed by atoms with E-state index in [9.17, 15) is 4.79 Å². The molecule has 3 heterocycles. The molecular weight excluding hydrogens is 496 g/mol. The van der Waals surface area contributed by atoms with Gasteiger partial charge in [0.25, 0.3) is 0 Å². The Kier molecular flexibility index (Phi) is 8.58. The van der Waals surface area contributed by atoms with Crippen molar-refractivity contribution in [3.63, 3.8) is 0 Å². The molecule has 0 spiro atoms. The van der Waals surface area contributed by atoms with Crippen molar-refractivity contribution in [2.45, 2.75) is 74.4 Å². The van der Waals surface area contributed by atoms with Crippen molar-refractivity contribution < 1.29 is 4.79 Å². The number of benzene rings is 1. The van der Waals surface area contributed by atoms with Crippen LogP contribution in [0.5, 0.6) is 0 Å². The number of piperidine rings is 1. The van der Waals surface area contributed by atoms with Crippen LogP contribution in [0.25, 0.3) is 0 Å². The van der Waals surface area contributed by atoms with Crippen molar-refractivity contribution in [3.8, 4) is 0 Å². The van der Waals surface area contributed by atoms with Crippen molar-refractivity contribution >= 4 is 46.5 Å². The van der Waals surface area contributed by atoms with Gasteiger partial charge in [-0.25, -0.2) is 15.0 Å². The van der Waals surface area contributed by atoms with Crippen LogP contribution in [0.1, 0.15) is 58.3 Å². The number of hydrogen-bond donors (Lipinski definition) is 3. The number of aromatic nitrogens is 2. The molecule has 0 unspecified atom stereocenters. The number of rotatable bonds is 10. The first kappa shape index (κ1) is 26.6. The summed E-state index contributed by atoms with van der Waals surface area (Å²) in [5.41, 5.74) is 7.37. The van der Waals surface area contributed by atoms with E-state index in [0.29, 0.717) is 47.3 Å². The van der Waals surface area contributed by atoms with Gasteiger partial charge in [0, 0.05) is 54.3 Å². The van der Waals surface area contributed by atoms with E-state index in [1.807, 2.05) is 30.3 Å². The summed E-state index contributed by atoms with van der Waals surface area (Å²) in [5.74, 6) is 2.40. The fraction of sp³-hybridized carbons (Fsp3) is 0.536. The molecule has 1 saturated carbocycles. The maximum absolute atomic E-state index is 12.1. The molecule has 2 aromatic rings. The third-order valence-corrected chi connectivity index (χ3v) is 8.22. The molecule has 202 valence electrons. The summed E-state index contributed by atoms with van der Waals surface area (Å²) < 4.78 is 0. The molecule has 2 aliphatic heterocycles. The lowest BCUT2D eigenvalue weighted by Crippen LogP contribution is -2.44. The van der Waals surface area contributed by atoms with Crippen LogP contribution in [0, 0.1) is 11.3 Å². The largest absolute Gasteiger partial charge is 0.387 e. The number of hydrogen-bond acceptors (Lipinski definition) is 8. The Balaban J connectivity index is 1.30. The highest BCUT2D eigenvalue weighted by atomic mass is 32.2. The first-order chi connectivity index (χ1) is 18.4. The second kappa shape index (κ2) is 12.3. The standard InChI is InChI=1S/C28H38N8OS/c1-19(29)16-24(30)32-25-18-26(36-14-10-22(11-15-36)35-12-2-3-13-35)34-28(33-25)38-23-8-6-21(7-9-23)31-27(37)17-20-4-5-20/h6-9,18,20,22,29H,2-5,10-17H2,1H3,(H,31,37)(H2,30,32,33,34). The number of carbonyl (C=O) groups is 1. The summed E-state index contributed by atoms with van der Waals surface area (Å²) in [4.78, 5) is 32.2. The zero-order valence-corrected chi connectivity index (χ0v) is 23.0. The Bertz CT molecular complexity index is 1170. The summed E-state index contributed by atoms with van der Waals surface area (Å²) in [7, 11) is 0. The van der Waals surface area contributed by atoms with E-state index >= 15 is 0 Å². The Morgan fingerprint density at radius 2 is 1.82 bits per heavy atom. The van der Waals surface area contributed by atoms with Gasteiger partial charge in [0.2, 0.25) is 5.91 Å². The van der Waals surface area contributed by atoms with Gasteiger partial charge in [-0.05, 0) is 100 Å². The smallest absolute Gasteiger partial charge is 0.224 e. The van der Waals surface area contributed by atoms with Crippen LogP contribution < -0.4 is 16.0 Å². The van der Waals surface area contributed by atoms with Gasteiger partial charge in [0.15, 0.2) is 11.0 Å². The van der Waals surface area contributed by atoms with Crippen molar-refractivity contribution in [1.29, 1.82) is 5.41 Å². The highest BCUT2D eigenvalue weighted by Gasteiger charge is 2.27. The SMILES string of the molecule is CC(=N)CC(N)=Nc1cc(N2CCC(N3CCCC3)CC2)nc(Sc2ccc(NC(=O)CC3CC3)cc2)n1. The van der Waals surface area contributed by atoms with Crippen molar-refractivity contribution in [2.75, 3.05) is 36.4 Å². The van der Waals surface area contributed by atoms with E-state index in [0.717, 1.165) is 55.2 Å². The number of nitrogens with one attached hydrogen (secondary N) is 2. The minimum atomic E-state index is 0.0812. The summed E-state index contributed by atoms with van der Waals surface area (Å²) in [6.45, 7) is 6.09. The number of carbonyl (C=O) groups excluding carboxylic acids is 1. The van der Waals surface area contributed by atoms with Crippen LogP contribution >= 0.6 is 11.8 Å². The van der Waals surface area contributed by atoms with Crippen molar-refractivity contribution in [3.05, 3.63) is 30.3 Å². The van der Waals surface area contributed by atoms with Gasteiger partial charge < -0.3 is 26.3 Å². The Hall–Kier alpha value is -2.98. The van der Waals surface area contributed by atoms with E-state index in [1.54, 1.807) is 6.92 Å². The average molecular weight is 535 g/mol. The summed E-state index contributed by atoms with van der Waals surface area (Å²) in [5, 5.41) is 11.3. The van der Waals surface area contributed by atoms with E-state index in [2.05, 4.69) is 25.1 Å². The number of anilines is 2. The topological polar surface area (TPSA) is 124 Å². The van der Waals surface area contributed by atoms with Gasteiger partial charge in [0.05, 0.1) is 0 Å². The third-order valence-electron chi connectivity index (χ3n) is 7.35. The molecule has 9 nitrogen and oxygen atoms in total. The van der Waals surface area contributed by atoms with Gasteiger partial charge in [-0.15, -0.1) is 0 Å². The molecule has 38 heavy (non-hydrogen) atoms. The predicted octanol–water partition coefficient (Wildman–Crippen LogP) is 4.85. The van der Waals surface area contributed by atoms with Crippen molar-refractivity contribution in [1.82, 2.24) is 14.9 Å². The zero-order valence-electron chi connectivity index (χ0n) is 22.2. The molecule has 0 radical (unpaired) electrons. The van der Waals surface area contributed by atoms with Crippen molar-refractivity contribution in [2.24, 2.45) is 16.6 Å². The molecule has 1 aromatic heterocycles. The molecule has 0 bridgehead atoms. The maximum atomic E-state index is 12.1. The zero-order chi connectivity index (χ0) is 26.5. The molecule has 5 rings (SSSR count). The number of nitrogens with two attached hydrogens (primary N) is 1. The minimum absolute atomic E-state index is 0.0812. The Labute approximate surface area is 229 Å². The molecule has 3 fully saturated rings. The normalized spacial score (nSPS) is 19.1.